The third-order valence-electron chi connectivity index (χ3n) is 6.52. The molecular formula is C26H27N3O5S. The van der Waals surface area contributed by atoms with Crippen LogP contribution in [0, 0.1) is 30.9 Å². The molecule has 0 N–H and O–H groups in total. The molecule has 2 heterocycles. The number of aryl methyl sites for hydroxylation is 3. The molecule has 2 aromatic carbocycles. The highest BCUT2D eigenvalue weighted by molar-refractivity contribution is 7.99. The van der Waals surface area contributed by atoms with Crippen molar-refractivity contribution in [2.75, 3.05) is 5.75 Å². The van der Waals surface area contributed by atoms with Crippen LogP contribution in [0.5, 0.6) is 5.88 Å². The van der Waals surface area contributed by atoms with Gasteiger partial charge in [-0.15, -0.1) is 11.8 Å². The Bertz CT molecular complexity index is 1370. The van der Waals surface area contributed by atoms with E-state index in [1.165, 1.54) is 39.4 Å². The van der Waals surface area contributed by atoms with E-state index in [2.05, 4.69) is 18.9 Å². The minimum atomic E-state index is -0.729. The van der Waals surface area contributed by atoms with E-state index in [-0.39, 0.29) is 33.9 Å². The van der Waals surface area contributed by atoms with Gasteiger partial charge >= 0.3 is 5.97 Å². The molecule has 1 aliphatic rings. The number of rotatable bonds is 5. The standard InChI is InChI=1S/C26H27N3O5S/c1-14-13-19(15(2)21-23(14)35-12-11-26(21,4)5)22(30)20-16(3)27-28(6)24(20)34-25(31)17-7-9-18(10-8-17)29(32)33/h7-10,13H,11-12H2,1-6H3. The van der Waals surface area contributed by atoms with E-state index in [4.69, 9.17) is 4.74 Å². The summed E-state index contributed by atoms with van der Waals surface area (Å²) < 4.78 is 6.98. The van der Waals surface area contributed by atoms with E-state index in [1.807, 2.05) is 31.7 Å². The minimum Gasteiger partial charge on any atom is -0.403 e. The van der Waals surface area contributed by atoms with E-state index in [0.29, 0.717) is 11.3 Å². The smallest absolute Gasteiger partial charge is 0.344 e. The Morgan fingerprint density at radius 1 is 1.17 bits per heavy atom. The van der Waals surface area contributed by atoms with Crippen molar-refractivity contribution in [2.45, 2.75) is 51.3 Å². The Balaban J connectivity index is 1.75. The van der Waals surface area contributed by atoms with Gasteiger partial charge in [0.15, 0.2) is 0 Å². The van der Waals surface area contributed by atoms with Crippen LogP contribution in [0.25, 0.3) is 0 Å². The van der Waals surface area contributed by atoms with Gasteiger partial charge in [0, 0.05) is 29.6 Å². The van der Waals surface area contributed by atoms with E-state index < -0.39 is 10.9 Å². The number of aromatic nitrogens is 2. The fraction of sp³-hybridized carbons (Fsp3) is 0.346. The Kier molecular flexibility index (Phi) is 6.31. The Morgan fingerprint density at radius 3 is 2.46 bits per heavy atom. The average Bonchev–Trinajstić information content (AvgIpc) is 3.07. The van der Waals surface area contributed by atoms with Crippen molar-refractivity contribution in [3.05, 3.63) is 79.5 Å². The quantitative estimate of drug-likeness (QED) is 0.201. The zero-order chi connectivity index (χ0) is 25.7. The Morgan fingerprint density at radius 2 is 1.83 bits per heavy atom. The number of thioether (sulfide) groups is 1. The summed E-state index contributed by atoms with van der Waals surface area (Å²) in [5.41, 5.74) is 4.38. The lowest BCUT2D eigenvalue weighted by Crippen LogP contribution is -2.26. The van der Waals surface area contributed by atoms with Crippen molar-refractivity contribution in [3.8, 4) is 5.88 Å². The second-order valence-electron chi connectivity index (χ2n) is 9.46. The molecule has 182 valence electrons. The van der Waals surface area contributed by atoms with E-state index in [9.17, 15) is 19.7 Å². The van der Waals surface area contributed by atoms with E-state index in [1.54, 1.807) is 14.0 Å². The van der Waals surface area contributed by atoms with Gasteiger partial charge in [-0.3, -0.25) is 14.9 Å². The molecular weight excluding hydrogens is 466 g/mol. The van der Waals surface area contributed by atoms with Gasteiger partial charge in [-0.05, 0) is 73.2 Å². The van der Waals surface area contributed by atoms with Gasteiger partial charge in [0.25, 0.3) is 5.69 Å². The molecule has 0 bridgehead atoms. The van der Waals surface area contributed by atoms with Crippen molar-refractivity contribution in [1.29, 1.82) is 0 Å². The molecule has 0 radical (unpaired) electrons. The maximum atomic E-state index is 13.9. The van der Waals surface area contributed by atoms with Gasteiger partial charge in [0.05, 0.1) is 16.2 Å². The van der Waals surface area contributed by atoms with Crippen LogP contribution >= 0.6 is 11.8 Å². The number of benzene rings is 2. The predicted octanol–water partition coefficient (Wildman–Crippen LogP) is 5.48. The molecule has 0 atom stereocenters. The topological polar surface area (TPSA) is 104 Å². The summed E-state index contributed by atoms with van der Waals surface area (Å²) in [7, 11) is 1.60. The first kappa shape index (κ1) is 24.7. The van der Waals surface area contributed by atoms with Gasteiger partial charge in [-0.1, -0.05) is 13.8 Å². The molecule has 0 aliphatic carbocycles. The number of esters is 1. The maximum absolute atomic E-state index is 13.9. The van der Waals surface area contributed by atoms with Crippen LogP contribution in [0.2, 0.25) is 0 Å². The summed E-state index contributed by atoms with van der Waals surface area (Å²) in [5, 5.41) is 15.2. The first-order valence-corrected chi connectivity index (χ1v) is 12.2. The highest BCUT2D eigenvalue weighted by Crippen LogP contribution is 2.46. The van der Waals surface area contributed by atoms with Crippen molar-refractivity contribution in [2.24, 2.45) is 7.05 Å². The SMILES string of the molecule is Cc1cc(C(=O)c2c(C)nn(C)c2OC(=O)c2ccc([N+](=O)[O-])cc2)c(C)c2c1SCCC2(C)C. The summed E-state index contributed by atoms with van der Waals surface area (Å²) in [4.78, 5) is 38.3. The molecule has 0 saturated carbocycles. The number of ether oxygens (including phenoxy) is 1. The third-order valence-corrected chi connectivity index (χ3v) is 7.74. The summed E-state index contributed by atoms with van der Waals surface area (Å²) in [6, 6.07) is 7.02. The molecule has 1 aromatic heterocycles. The van der Waals surface area contributed by atoms with Crippen LogP contribution in [0.1, 0.15) is 68.9 Å². The van der Waals surface area contributed by atoms with Crippen LogP contribution in [-0.2, 0) is 12.5 Å². The average molecular weight is 494 g/mol. The Labute approximate surface area is 207 Å². The number of carbonyl (C=O) groups excluding carboxylic acids is 2. The number of nitro benzene ring substituents is 1. The number of non-ortho nitro benzene ring substituents is 1. The molecule has 35 heavy (non-hydrogen) atoms. The van der Waals surface area contributed by atoms with Crippen LogP contribution in [0.3, 0.4) is 0 Å². The monoisotopic (exact) mass is 493 g/mol. The fourth-order valence-electron chi connectivity index (χ4n) is 4.68. The van der Waals surface area contributed by atoms with Crippen LogP contribution < -0.4 is 4.74 Å². The number of ketones is 1. The zero-order valence-corrected chi connectivity index (χ0v) is 21.4. The normalized spacial score (nSPS) is 14.3. The molecule has 3 aromatic rings. The number of nitro groups is 1. The van der Waals surface area contributed by atoms with Gasteiger partial charge in [0.2, 0.25) is 11.7 Å². The number of nitrogens with zero attached hydrogens (tertiary/aromatic N) is 3. The van der Waals surface area contributed by atoms with Crippen molar-refractivity contribution in [3.63, 3.8) is 0 Å². The lowest BCUT2D eigenvalue weighted by Gasteiger charge is -2.35. The van der Waals surface area contributed by atoms with Crippen LogP contribution in [-0.4, -0.2) is 32.2 Å². The second-order valence-corrected chi connectivity index (χ2v) is 10.6. The van der Waals surface area contributed by atoms with E-state index in [0.717, 1.165) is 23.3 Å². The molecule has 0 saturated heterocycles. The molecule has 1 aliphatic heterocycles. The minimum absolute atomic E-state index is 0.0410. The summed E-state index contributed by atoms with van der Waals surface area (Å²) in [5.74, 6) is 0.0989. The molecule has 0 amide bonds. The lowest BCUT2D eigenvalue weighted by atomic mass is 9.76. The number of carbonyl (C=O) groups is 2. The third kappa shape index (κ3) is 4.36. The van der Waals surface area contributed by atoms with Gasteiger partial charge < -0.3 is 4.74 Å². The summed E-state index contributed by atoms with van der Waals surface area (Å²) in [6.45, 7) is 10.1. The lowest BCUT2D eigenvalue weighted by molar-refractivity contribution is -0.384. The zero-order valence-electron chi connectivity index (χ0n) is 20.6. The first-order valence-electron chi connectivity index (χ1n) is 11.2. The highest BCUT2D eigenvalue weighted by atomic mass is 32.2. The Hall–Kier alpha value is -3.46. The van der Waals surface area contributed by atoms with Crippen molar-refractivity contribution in [1.82, 2.24) is 9.78 Å². The first-order chi connectivity index (χ1) is 16.4. The molecule has 0 spiro atoms. The van der Waals surface area contributed by atoms with Crippen molar-refractivity contribution >= 4 is 29.2 Å². The second kappa shape index (κ2) is 8.96. The highest BCUT2D eigenvalue weighted by Gasteiger charge is 2.34. The molecule has 4 rings (SSSR count). The predicted molar refractivity (Wildman–Crippen MR) is 134 cm³/mol. The summed E-state index contributed by atoms with van der Waals surface area (Å²) in [6.07, 6.45) is 1.02. The van der Waals surface area contributed by atoms with Gasteiger partial charge in [0.1, 0.15) is 5.56 Å². The maximum Gasteiger partial charge on any atom is 0.344 e. The molecule has 0 fully saturated rings. The molecule has 0 unspecified atom stereocenters. The number of hydrogen-bond acceptors (Lipinski definition) is 7. The summed E-state index contributed by atoms with van der Waals surface area (Å²) >= 11 is 1.83. The van der Waals surface area contributed by atoms with E-state index >= 15 is 0 Å². The van der Waals surface area contributed by atoms with Crippen LogP contribution in [0.15, 0.2) is 35.2 Å². The molecule has 8 nitrogen and oxygen atoms in total. The largest absolute Gasteiger partial charge is 0.403 e. The van der Waals surface area contributed by atoms with Crippen LogP contribution in [0.4, 0.5) is 5.69 Å². The van der Waals surface area contributed by atoms with Gasteiger partial charge in [-0.25, -0.2) is 9.48 Å². The number of fused-ring (bicyclic) bond motifs is 1. The van der Waals surface area contributed by atoms with Gasteiger partial charge in [-0.2, -0.15) is 5.10 Å². The fourth-order valence-corrected chi connectivity index (χ4v) is 6.36. The van der Waals surface area contributed by atoms with Crippen molar-refractivity contribution < 1.29 is 19.2 Å². The number of hydrogen-bond donors (Lipinski definition) is 0. The molecule has 9 heteroatoms.